The zero-order valence-electron chi connectivity index (χ0n) is 44.5. The fourth-order valence-corrected chi connectivity index (χ4v) is 12.5. The van der Waals surface area contributed by atoms with Crippen LogP contribution in [0.5, 0.6) is 0 Å². The highest BCUT2D eigenvalue weighted by Gasteiger charge is 2.54. The summed E-state index contributed by atoms with van der Waals surface area (Å²) in [6.45, 7) is 21.0. The largest absolute Gasteiger partial charge is 0.459 e. The van der Waals surface area contributed by atoms with Gasteiger partial charge in [-0.2, -0.15) is 0 Å². The van der Waals surface area contributed by atoms with Crippen molar-refractivity contribution in [1.29, 1.82) is 0 Å². The Balaban J connectivity index is 1.23. The number of carbonyl (C=O) groups excluding carboxylic acids is 1. The lowest BCUT2D eigenvalue weighted by Gasteiger charge is -2.51. The summed E-state index contributed by atoms with van der Waals surface area (Å²) in [7, 11) is 3.80. The van der Waals surface area contributed by atoms with Crippen LogP contribution in [0.1, 0.15) is 156 Å². The fourth-order valence-electron chi connectivity index (χ4n) is 12.5. The molecule has 18 heteroatoms. The van der Waals surface area contributed by atoms with E-state index in [1.807, 2.05) is 57.6 Å². The number of rotatable bonds is 12. The van der Waals surface area contributed by atoms with Gasteiger partial charge in [-0.05, 0) is 107 Å². The number of oxazole rings is 1. The summed E-state index contributed by atoms with van der Waals surface area (Å²) in [5.74, 6) is -1.21. The molecule has 0 radical (unpaired) electrons. The molecule has 6 N–H and O–H groups in total. The highest BCUT2D eigenvalue weighted by molar-refractivity contribution is 5.73. The number of hydrogen-bond acceptors (Lipinski definition) is 17. The lowest BCUT2D eigenvalue weighted by molar-refractivity contribution is -0.302. The second-order valence-electron chi connectivity index (χ2n) is 23.0. The number of cyclic esters (lactones) is 1. The molecule has 5 heterocycles. The van der Waals surface area contributed by atoms with Crippen LogP contribution < -0.4 is 0 Å². The molecule has 70 heavy (non-hydrogen) atoms. The Morgan fingerprint density at radius 3 is 2.27 bits per heavy atom. The van der Waals surface area contributed by atoms with Crippen LogP contribution in [0.4, 0.5) is 0 Å². The Morgan fingerprint density at radius 1 is 0.929 bits per heavy atom. The molecular formula is C52H90N6O12. The summed E-state index contributed by atoms with van der Waals surface area (Å²) >= 11 is 0. The van der Waals surface area contributed by atoms with Crippen LogP contribution in [0, 0.1) is 30.6 Å². The molecule has 4 aliphatic rings. The summed E-state index contributed by atoms with van der Waals surface area (Å²) in [6, 6.07) is -0.966. The highest BCUT2D eigenvalue weighted by atomic mass is 16.7. The van der Waals surface area contributed by atoms with Gasteiger partial charge in [0.2, 0.25) is 0 Å². The van der Waals surface area contributed by atoms with Crippen molar-refractivity contribution >= 4 is 5.97 Å². The smallest absolute Gasteiger partial charge is 0.309 e. The second kappa shape index (κ2) is 23.3. The van der Waals surface area contributed by atoms with E-state index in [9.17, 15) is 35.4 Å². The van der Waals surface area contributed by atoms with E-state index in [1.165, 1.54) is 26.2 Å². The zero-order chi connectivity index (χ0) is 51.6. The van der Waals surface area contributed by atoms with Crippen molar-refractivity contribution in [3.8, 4) is 0 Å². The predicted molar refractivity (Wildman–Crippen MR) is 261 cm³/mol. The summed E-state index contributed by atoms with van der Waals surface area (Å²) in [5.41, 5.74) is -3.25. The normalized spacial score (nSPS) is 41.5. The number of aliphatic hydroxyl groups is 6. The van der Waals surface area contributed by atoms with Gasteiger partial charge in [0, 0.05) is 69.0 Å². The minimum Gasteiger partial charge on any atom is -0.459 e. The molecule has 0 amide bonds. The monoisotopic (exact) mass is 991 g/mol. The van der Waals surface area contributed by atoms with E-state index >= 15 is 0 Å². The van der Waals surface area contributed by atoms with Gasteiger partial charge in [-0.3, -0.25) is 9.48 Å². The van der Waals surface area contributed by atoms with Crippen molar-refractivity contribution in [2.45, 2.75) is 243 Å². The molecule has 0 bridgehead atoms. The van der Waals surface area contributed by atoms with Crippen LogP contribution in [0.15, 0.2) is 10.6 Å². The third kappa shape index (κ3) is 13.0. The van der Waals surface area contributed by atoms with Gasteiger partial charge in [-0.1, -0.05) is 52.2 Å². The lowest BCUT2D eigenvalue weighted by Crippen LogP contribution is -2.61. The molecule has 2 aromatic heterocycles. The van der Waals surface area contributed by atoms with Gasteiger partial charge in [0.15, 0.2) is 12.2 Å². The van der Waals surface area contributed by atoms with Crippen LogP contribution in [-0.4, -0.2) is 178 Å². The van der Waals surface area contributed by atoms with Gasteiger partial charge < -0.3 is 63.8 Å². The van der Waals surface area contributed by atoms with E-state index in [0.29, 0.717) is 44.8 Å². The van der Waals surface area contributed by atoms with Crippen LogP contribution >= 0.6 is 0 Å². The molecule has 0 aromatic carbocycles. The van der Waals surface area contributed by atoms with E-state index in [1.54, 1.807) is 41.5 Å². The highest BCUT2D eigenvalue weighted by Crippen LogP contribution is 2.44. The topological polar surface area (TPSA) is 239 Å². The lowest BCUT2D eigenvalue weighted by atomic mass is 9.68. The number of carbonyl (C=O) groups is 1. The van der Waals surface area contributed by atoms with Crippen LogP contribution in [0.25, 0.3) is 0 Å². The number of ether oxygens (including phenoxy) is 4. The van der Waals surface area contributed by atoms with Gasteiger partial charge in [0.1, 0.15) is 35.8 Å². The number of nitrogens with zero attached hydrogens (tertiary/aromatic N) is 6. The minimum absolute atomic E-state index is 0.0466. The van der Waals surface area contributed by atoms with Crippen molar-refractivity contribution in [2.24, 2.45) is 23.7 Å². The Kier molecular flexibility index (Phi) is 18.9. The summed E-state index contributed by atoms with van der Waals surface area (Å²) in [6.07, 6.45) is 1.05. The van der Waals surface area contributed by atoms with Gasteiger partial charge >= 0.3 is 5.97 Å². The maximum absolute atomic E-state index is 14.5. The Labute approximate surface area is 416 Å². The predicted octanol–water partition coefficient (Wildman–Crippen LogP) is 4.31. The number of aryl methyl sites for hydroxylation is 3. The number of likely N-dealkylation sites (N-methyl/N-ethyl adjacent to an activating group) is 2. The van der Waals surface area contributed by atoms with Crippen LogP contribution in [-0.2, 0) is 43.1 Å². The average molecular weight is 991 g/mol. The third-order valence-electron chi connectivity index (χ3n) is 16.8. The van der Waals surface area contributed by atoms with Crippen molar-refractivity contribution in [3.63, 3.8) is 0 Å². The molecule has 6 rings (SSSR count). The summed E-state index contributed by atoms with van der Waals surface area (Å²) in [5, 5.41) is 80.1. The van der Waals surface area contributed by atoms with Gasteiger partial charge in [0.25, 0.3) is 0 Å². The first-order valence-corrected chi connectivity index (χ1v) is 26.4. The molecule has 1 saturated carbocycles. The number of esters is 1. The number of hydrogen-bond donors (Lipinski definition) is 6. The SMILES string of the molecule is CC[C@H]1OC(=O)[C@H](C)C([C@H]2C[C@@](C)(O)[C@@H](O)[C@H](C)O2)[C@H](C)[C@@H](O[C@@H]2O[C@H](C)C[C@H](N(C)CCc3cn(CCc4nc(C5CCCCC5)oc4C)nn3)[C@H]2O)[C@](C)(O)C[C@@H](C)CN(C)[C@H](C)[C@@H](O)[C@]1(C)O. The average Bonchev–Trinajstić information content (AvgIpc) is 3.92. The Morgan fingerprint density at radius 2 is 1.61 bits per heavy atom. The first kappa shape index (κ1) is 56.7. The van der Waals surface area contributed by atoms with Crippen molar-refractivity contribution < 1.29 is 58.8 Å². The Bertz CT molecular complexity index is 1970. The molecule has 0 spiro atoms. The third-order valence-corrected chi connectivity index (χ3v) is 16.8. The summed E-state index contributed by atoms with van der Waals surface area (Å²) < 4.78 is 34.0. The van der Waals surface area contributed by atoms with Crippen molar-refractivity contribution in [3.05, 3.63) is 29.2 Å². The molecule has 1 aliphatic carbocycles. The first-order chi connectivity index (χ1) is 32.7. The van der Waals surface area contributed by atoms with E-state index in [2.05, 4.69) is 15.2 Å². The molecule has 1 unspecified atom stereocenters. The second-order valence-corrected chi connectivity index (χ2v) is 23.0. The van der Waals surface area contributed by atoms with Crippen molar-refractivity contribution in [1.82, 2.24) is 29.8 Å². The van der Waals surface area contributed by atoms with Crippen molar-refractivity contribution in [2.75, 3.05) is 27.2 Å². The molecule has 2 aromatic rings. The van der Waals surface area contributed by atoms with E-state index in [4.69, 9.17) is 28.3 Å². The van der Waals surface area contributed by atoms with Gasteiger partial charge in [-0.25, -0.2) is 4.98 Å². The van der Waals surface area contributed by atoms with Gasteiger partial charge in [-0.15, -0.1) is 5.10 Å². The van der Waals surface area contributed by atoms with Crippen LogP contribution in [0.3, 0.4) is 0 Å². The van der Waals surface area contributed by atoms with Gasteiger partial charge in [0.05, 0.1) is 52.9 Å². The molecular weight excluding hydrogens is 901 g/mol. The van der Waals surface area contributed by atoms with E-state index < -0.39 is 102 Å². The van der Waals surface area contributed by atoms with E-state index in [-0.39, 0.29) is 31.3 Å². The molecule has 3 saturated heterocycles. The first-order valence-electron chi connectivity index (χ1n) is 26.4. The van der Waals surface area contributed by atoms with E-state index in [0.717, 1.165) is 35.9 Å². The van der Waals surface area contributed by atoms with Crippen LogP contribution in [0.2, 0.25) is 0 Å². The zero-order valence-corrected chi connectivity index (χ0v) is 44.5. The number of aromatic nitrogens is 4. The Hall–Kier alpha value is -2.62. The molecule has 18 atom stereocenters. The molecule has 400 valence electrons. The standard InChI is InChI=1S/C52H90N6O12/c1-14-41-52(11,65)44(60)33(6)57(13)27-29(2)25-51(10,64)46(31(4)42(32(5)48(62)69-41)40-26-50(9,63)45(61)35(8)67-40)70-49-43(59)39(24-30(3)66-49)56(12)22-20-37-28-58(55-54-37)23-21-38-34(7)68-47(53-38)36-18-16-15-17-19-36/h28-33,35-36,39-46,49,59-61,63-65H,14-27H2,1-13H3/t29-,30-,31+,32-,33-,35+,39+,40-,41-,42?,43-,44-,45+,46-,49+,50-,51-,52-/m1/s1. The summed E-state index contributed by atoms with van der Waals surface area (Å²) in [4.78, 5) is 23.4. The maximum Gasteiger partial charge on any atom is 0.309 e. The number of aliphatic hydroxyl groups excluding tert-OH is 3. The molecule has 3 aliphatic heterocycles. The maximum atomic E-state index is 14.5. The quantitative estimate of drug-likeness (QED) is 0.163. The molecule has 4 fully saturated rings. The fraction of sp³-hybridized carbons (Fsp3) is 0.885. The minimum atomic E-state index is -1.83. The molecule has 18 nitrogen and oxygen atoms in total.